The van der Waals surface area contributed by atoms with Crippen LogP contribution in [-0.4, -0.2) is 0 Å². The Morgan fingerprint density at radius 3 is 1.17 bits per heavy atom. The second kappa shape index (κ2) is 11.5. The van der Waals surface area contributed by atoms with E-state index in [2.05, 4.69) is 13.8 Å². The van der Waals surface area contributed by atoms with Gasteiger partial charge < -0.3 is 0 Å². The standard InChI is InChI=1S/C23H44/c1-3-5-7-9-20-11-15-22(16-12-20)19-23-17-13-21(14-18-23)10-8-6-4-2/h20-23H,3-19H2,1-2H3/t20-,21-,22-,23-. The Bertz CT molecular complexity index is 238. The summed E-state index contributed by atoms with van der Waals surface area (Å²) in [6.07, 6.45) is 25.8. The molecule has 0 spiro atoms. The Morgan fingerprint density at radius 1 is 0.478 bits per heavy atom. The molecule has 0 heteroatoms. The summed E-state index contributed by atoms with van der Waals surface area (Å²) in [5.41, 5.74) is 0. The van der Waals surface area contributed by atoms with E-state index >= 15 is 0 Å². The molecule has 2 rings (SSSR count). The van der Waals surface area contributed by atoms with E-state index in [4.69, 9.17) is 0 Å². The third kappa shape index (κ3) is 7.61. The average Bonchev–Trinajstić information content (AvgIpc) is 2.58. The molecule has 0 unspecified atom stereocenters. The SMILES string of the molecule is CCCCC[C@H]1CC[C@H](C[C@H]2CC[C@H](CCCCC)CC2)CC1. The topological polar surface area (TPSA) is 0 Å². The van der Waals surface area contributed by atoms with Crippen LogP contribution in [0.1, 0.15) is 123 Å². The van der Waals surface area contributed by atoms with Crippen molar-refractivity contribution in [2.75, 3.05) is 0 Å². The van der Waals surface area contributed by atoms with E-state index in [0.717, 1.165) is 23.7 Å². The van der Waals surface area contributed by atoms with Crippen LogP contribution in [-0.2, 0) is 0 Å². The zero-order chi connectivity index (χ0) is 16.3. The molecule has 0 aliphatic heterocycles. The monoisotopic (exact) mass is 320 g/mol. The van der Waals surface area contributed by atoms with Gasteiger partial charge in [0, 0.05) is 0 Å². The Labute approximate surface area is 147 Å². The molecule has 23 heavy (non-hydrogen) atoms. The molecule has 0 N–H and O–H groups in total. The minimum atomic E-state index is 1.09. The van der Waals surface area contributed by atoms with Gasteiger partial charge in [-0.2, -0.15) is 0 Å². The molecule has 0 nitrogen and oxygen atoms in total. The van der Waals surface area contributed by atoms with Crippen LogP contribution >= 0.6 is 0 Å². The number of hydrogen-bond acceptors (Lipinski definition) is 0. The predicted molar refractivity (Wildman–Crippen MR) is 104 cm³/mol. The molecule has 0 aromatic heterocycles. The summed E-state index contributed by atoms with van der Waals surface area (Å²) in [6, 6.07) is 0. The average molecular weight is 321 g/mol. The van der Waals surface area contributed by atoms with Gasteiger partial charge >= 0.3 is 0 Å². The molecule has 2 saturated carbocycles. The van der Waals surface area contributed by atoms with Crippen molar-refractivity contribution in [2.24, 2.45) is 23.7 Å². The Kier molecular flexibility index (Phi) is 9.69. The normalized spacial score (nSPS) is 32.1. The highest BCUT2D eigenvalue weighted by atomic mass is 14.3. The van der Waals surface area contributed by atoms with Crippen LogP contribution in [0.5, 0.6) is 0 Å². The zero-order valence-corrected chi connectivity index (χ0v) is 16.3. The van der Waals surface area contributed by atoms with Crippen LogP contribution < -0.4 is 0 Å². The maximum absolute atomic E-state index is 2.33. The lowest BCUT2D eigenvalue weighted by atomic mass is 9.72. The molecule has 136 valence electrons. The van der Waals surface area contributed by atoms with Crippen molar-refractivity contribution in [3.05, 3.63) is 0 Å². The lowest BCUT2D eigenvalue weighted by Crippen LogP contribution is -2.21. The maximum Gasteiger partial charge on any atom is -0.0411 e. The molecular weight excluding hydrogens is 276 g/mol. The summed E-state index contributed by atoms with van der Waals surface area (Å²) in [6.45, 7) is 4.66. The summed E-state index contributed by atoms with van der Waals surface area (Å²) < 4.78 is 0. The second-order valence-electron chi connectivity index (χ2n) is 9.00. The Morgan fingerprint density at radius 2 is 0.826 bits per heavy atom. The summed E-state index contributed by atoms with van der Waals surface area (Å²) in [4.78, 5) is 0. The van der Waals surface area contributed by atoms with Gasteiger partial charge in [-0.1, -0.05) is 117 Å². The van der Waals surface area contributed by atoms with Gasteiger partial charge in [0.15, 0.2) is 0 Å². The molecule has 2 aliphatic rings. The van der Waals surface area contributed by atoms with Gasteiger partial charge in [-0.15, -0.1) is 0 Å². The largest absolute Gasteiger partial charge is 0.0654 e. The highest BCUT2D eigenvalue weighted by molar-refractivity contribution is 4.78. The van der Waals surface area contributed by atoms with E-state index in [-0.39, 0.29) is 0 Å². The lowest BCUT2D eigenvalue weighted by molar-refractivity contribution is 0.183. The van der Waals surface area contributed by atoms with Gasteiger partial charge in [-0.05, 0) is 30.1 Å². The van der Waals surface area contributed by atoms with Crippen LogP contribution in [0.25, 0.3) is 0 Å². The summed E-state index contributed by atoms with van der Waals surface area (Å²) in [5, 5.41) is 0. The van der Waals surface area contributed by atoms with Crippen molar-refractivity contribution in [2.45, 2.75) is 123 Å². The van der Waals surface area contributed by atoms with E-state index in [0.29, 0.717) is 0 Å². The fourth-order valence-corrected chi connectivity index (χ4v) is 5.35. The fraction of sp³-hybridized carbons (Fsp3) is 1.00. The van der Waals surface area contributed by atoms with Gasteiger partial charge in [0.1, 0.15) is 0 Å². The van der Waals surface area contributed by atoms with E-state index in [1.54, 1.807) is 57.8 Å². The quantitative estimate of drug-likeness (QED) is 0.356. The molecule has 0 saturated heterocycles. The van der Waals surface area contributed by atoms with E-state index < -0.39 is 0 Å². The van der Waals surface area contributed by atoms with Gasteiger partial charge in [-0.25, -0.2) is 0 Å². The molecule has 0 radical (unpaired) electrons. The summed E-state index contributed by atoms with van der Waals surface area (Å²) in [7, 11) is 0. The van der Waals surface area contributed by atoms with Crippen molar-refractivity contribution in [3.8, 4) is 0 Å². The first-order chi connectivity index (χ1) is 11.3. The molecule has 0 aromatic rings. The highest BCUT2D eigenvalue weighted by Gasteiger charge is 2.26. The third-order valence-electron chi connectivity index (χ3n) is 7.03. The number of unbranched alkanes of at least 4 members (excludes halogenated alkanes) is 4. The maximum atomic E-state index is 2.33. The minimum Gasteiger partial charge on any atom is -0.0654 e. The van der Waals surface area contributed by atoms with Crippen molar-refractivity contribution in [3.63, 3.8) is 0 Å². The van der Waals surface area contributed by atoms with Crippen LogP contribution in [0.4, 0.5) is 0 Å². The molecular formula is C23H44. The highest BCUT2D eigenvalue weighted by Crippen LogP contribution is 2.40. The van der Waals surface area contributed by atoms with Gasteiger partial charge in [-0.3, -0.25) is 0 Å². The summed E-state index contributed by atoms with van der Waals surface area (Å²) in [5.74, 6) is 4.37. The molecule has 2 aliphatic carbocycles. The number of hydrogen-bond donors (Lipinski definition) is 0. The van der Waals surface area contributed by atoms with Gasteiger partial charge in [0.25, 0.3) is 0 Å². The van der Waals surface area contributed by atoms with Gasteiger partial charge in [0.2, 0.25) is 0 Å². The Hall–Kier alpha value is 0. The molecule has 0 amide bonds. The predicted octanol–water partition coefficient (Wildman–Crippen LogP) is 8.15. The molecule has 0 atom stereocenters. The van der Waals surface area contributed by atoms with Crippen LogP contribution in [0.2, 0.25) is 0 Å². The molecule has 0 heterocycles. The van der Waals surface area contributed by atoms with Gasteiger partial charge in [0.05, 0.1) is 0 Å². The fourth-order valence-electron chi connectivity index (χ4n) is 5.35. The van der Waals surface area contributed by atoms with Crippen LogP contribution in [0.15, 0.2) is 0 Å². The molecule has 2 fully saturated rings. The molecule has 0 bridgehead atoms. The first-order valence-corrected chi connectivity index (χ1v) is 11.3. The van der Waals surface area contributed by atoms with E-state index in [1.165, 1.54) is 51.4 Å². The van der Waals surface area contributed by atoms with Crippen molar-refractivity contribution < 1.29 is 0 Å². The third-order valence-corrected chi connectivity index (χ3v) is 7.03. The van der Waals surface area contributed by atoms with Crippen molar-refractivity contribution in [1.82, 2.24) is 0 Å². The smallest absolute Gasteiger partial charge is 0.0411 e. The summed E-state index contributed by atoms with van der Waals surface area (Å²) >= 11 is 0. The second-order valence-corrected chi connectivity index (χ2v) is 9.00. The minimum absolute atomic E-state index is 1.09. The van der Waals surface area contributed by atoms with E-state index in [9.17, 15) is 0 Å². The Balaban J connectivity index is 1.53. The zero-order valence-electron chi connectivity index (χ0n) is 16.3. The first kappa shape index (κ1) is 19.3. The van der Waals surface area contributed by atoms with Crippen LogP contribution in [0, 0.1) is 23.7 Å². The lowest BCUT2D eigenvalue weighted by Gasteiger charge is -2.34. The number of rotatable bonds is 10. The molecule has 0 aromatic carbocycles. The van der Waals surface area contributed by atoms with Crippen LogP contribution in [0.3, 0.4) is 0 Å². The first-order valence-electron chi connectivity index (χ1n) is 11.3. The van der Waals surface area contributed by atoms with Crippen molar-refractivity contribution >= 4 is 0 Å². The van der Waals surface area contributed by atoms with Crippen molar-refractivity contribution in [1.29, 1.82) is 0 Å². The van der Waals surface area contributed by atoms with E-state index in [1.807, 2.05) is 0 Å².